The molecular weight excluding hydrogens is 254 g/mol. The lowest BCUT2D eigenvalue weighted by molar-refractivity contribution is 0.0767. The smallest absolute Gasteiger partial charge is 0.272 e. The number of nitrogens with zero attached hydrogens (tertiary/aromatic N) is 2. The van der Waals surface area contributed by atoms with E-state index in [1.807, 2.05) is 34.6 Å². The summed E-state index contributed by atoms with van der Waals surface area (Å²) in [6, 6.07) is 3.15. The van der Waals surface area contributed by atoms with Crippen molar-refractivity contribution in [3.05, 3.63) is 29.6 Å². The van der Waals surface area contributed by atoms with Crippen LogP contribution < -0.4 is 5.32 Å². The summed E-state index contributed by atoms with van der Waals surface area (Å²) in [5, 5.41) is 2.87. The number of hydrogen-bond acceptors (Lipinski definition) is 3. The lowest BCUT2D eigenvalue weighted by Crippen LogP contribution is -2.40. The van der Waals surface area contributed by atoms with Crippen molar-refractivity contribution in [2.45, 2.75) is 40.2 Å². The molecule has 0 aliphatic heterocycles. The molecule has 0 saturated heterocycles. The van der Waals surface area contributed by atoms with Crippen LogP contribution >= 0.6 is 0 Å². The Morgan fingerprint density at radius 1 is 1.25 bits per heavy atom. The van der Waals surface area contributed by atoms with Crippen LogP contribution in [0, 0.1) is 0 Å². The average molecular weight is 277 g/mol. The van der Waals surface area contributed by atoms with Gasteiger partial charge in [0.2, 0.25) is 0 Å². The van der Waals surface area contributed by atoms with Gasteiger partial charge >= 0.3 is 0 Å². The second-order valence-corrected chi connectivity index (χ2v) is 5.61. The molecule has 0 fully saturated rings. The molecule has 1 heterocycles. The van der Waals surface area contributed by atoms with E-state index in [2.05, 4.69) is 10.3 Å². The van der Waals surface area contributed by atoms with E-state index >= 15 is 0 Å². The van der Waals surface area contributed by atoms with Gasteiger partial charge in [-0.1, -0.05) is 0 Å². The number of rotatable bonds is 4. The van der Waals surface area contributed by atoms with Crippen LogP contribution in [0.5, 0.6) is 0 Å². The predicted molar refractivity (Wildman–Crippen MR) is 78.7 cm³/mol. The maximum atomic E-state index is 12.2. The van der Waals surface area contributed by atoms with E-state index in [1.165, 1.54) is 6.20 Å². The molecule has 0 aliphatic carbocycles. The van der Waals surface area contributed by atoms with Crippen LogP contribution in [0.15, 0.2) is 18.3 Å². The Labute approximate surface area is 120 Å². The summed E-state index contributed by atoms with van der Waals surface area (Å²) in [5.41, 5.74) is 0.435. The fourth-order valence-electron chi connectivity index (χ4n) is 1.77. The molecule has 2 amide bonds. The third-order valence-corrected chi connectivity index (χ3v) is 2.78. The number of aromatic nitrogens is 1. The molecule has 0 atom stereocenters. The van der Waals surface area contributed by atoms with E-state index < -0.39 is 0 Å². The SMILES string of the molecule is CCN(CC)C(=O)c1cc(C(=O)NC(C)(C)C)ccn1. The molecule has 1 N–H and O–H groups in total. The van der Waals surface area contributed by atoms with Gasteiger partial charge in [0, 0.05) is 30.4 Å². The van der Waals surface area contributed by atoms with Gasteiger partial charge in [-0.15, -0.1) is 0 Å². The highest BCUT2D eigenvalue weighted by atomic mass is 16.2. The molecule has 0 spiro atoms. The van der Waals surface area contributed by atoms with E-state index in [4.69, 9.17) is 0 Å². The van der Waals surface area contributed by atoms with Crippen LogP contribution in [0.1, 0.15) is 55.5 Å². The van der Waals surface area contributed by atoms with Gasteiger partial charge in [0.05, 0.1) is 0 Å². The molecule has 0 aromatic carbocycles. The van der Waals surface area contributed by atoms with Gasteiger partial charge < -0.3 is 10.2 Å². The second-order valence-electron chi connectivity index (χ2n) is 5.61. The monoisotopic (exact) mass is 277 g/mol. The van der Waals surface area contributed by atoms with Crippen molar-refractivity contribution in [3.8, 4) is 0 Å². The van der Waals surface area contributed by atoms with Gasteiger partial charge in [-0.25, -0.2) is 0 Å². The molecule has 20 heavy (non-hydrogen) atoms. The molecule has 0 radical (unpaired) electrons. The number of amides is 2. The molecule has 110 valence electrons. The maximum absolute atomic E-state index is 12.2. The Bertz CT molecular complexity index is 488. The molecule has 5 nitrogen and oxygen atoms in total. The topological polar surface area (TPSA) is 62.3 Å². The fourth-order valence-corrected chi connectivity index (χ4v) is 1.77. The van der Waals surface area contributed by atoms with Crippen molar-refractivity contribution in [1.29, 1.82) is 0 Å². The third kappa shape index (κ3) is 4.33. The minimum atomic E-state index is -0.316. The molecule has 0 unspecified atom stereocenters. The summed E-state index contributed by atoms with van der Waals surface area (Å²) >= 11 is 0. The summed E-state index contributed by atoms with van der Waals surface area (Å²) in [6.45, 7) is 10.8. The summed E-state index contributed by atoms with van der Waals surface area (Å²) < 4.78 is 0. The molecule has 1 rings (SSSR count). The Kier molecular flexibility index (Phi) is 5.25. The van der Waals surface area contributed by atoms with Crippen molar-refractivity contribution >= 4 is 11.8 Å². The highest BCUT2D eigenvalue weighted by molar-refractivity contribution is 5.98. The minimum absolute atomic E-state index is 0.152. The van der Waals surface area contributed by atoms with E-state index in [1.54, 1.807) is 17.0 Å². The van der Waals surface area contributed by atoms with Crippen LogP contribution in [-0.4, -0.2) is 40.3 Å². The summed E-state index contributed by atoms with van der Waals surface area (Å²) in [4.78, 5) is 30.0. The zero-order valence-corrected chi connectivity index (χ0v) is 12.9. The lowest BCUT2D eigenvalue weighted by Gasteiger charge is -2.21. The van der Waals surface area contributed by atoms with Crippen LogP contribution in [0.2, 0.25) is 0 Å². The number of nitrogens with one attached hydrogen (secondary N) is 1. The Hall–Kier alpha value is -1.91. The first-order chi connectivity index (χ1) is 9.28. The normalized spacial score (nSPS) is 11.1. The van der Waals surface area contributed by atoms with Gasteiger partial charge in [-0.2, -0.15) is 0 Å². The number of carbonyl (C=O) groups excluding carboxylic acids is 2. The van der Waals surface area contributed by atoms with Gasteiger partial charge in [0.25, 0.3) is 11.8 Å². The van der Waals surface area contributed by atoms with Crippen molar-refractivity contribution < 1.29 is 9.59 Å². The first-order valence-electron chi connectivity index (χ1n) is 6.86. The quantitative estimate of drug-likeness (QED) is 0.916. The molecule has 0 aliphatic rings. The highest BCUT2D eigenvalue weighted by Crippen LogP contribution is 2.08. The third-order valence-electron chi connectivity index (χ3n) is 2.78. The van der Waals surface area contributed by atoms with Crippen molar-refractivity contribution in [2.75, 3.05) is 13.1 Å². The Morgan fingerprint density at radius 2 is 1.85 bits per heavy atom. The van der Waals surface area contributed by atoms with Crippen LogP contribution in [0.4, 0.5) is 0 Å². The molecule has 1 aromatic rings. The van der Waals surface area contributed by atoms with Crippen LogP contribution in [0.25, 0.3) is 0 Å². The van der Waals surface area contributed by atoms with Crippen molar-refractivity contribution in [1.82, 2.24) is 15.2 Å². The van der Waals surface area contributed by atoms with Gasteiger partial charge in [0.1, 0.15) is 5.69 Å². The first kappa shape index (κ1) is 16.1. The molecular formula is C15H23N3O2. The van der Waals surface area contributed by atoms with Gasteiger partial charge in [-0.3, -0.25) is 14.6 Å². The van der Waals surface area contributed by atoms with Gasteiger partial charge in [0.15, 0.2) is 0 Å². The fraction of sp³-hybridized carbons (Fsp3) is 0.533. The van der Waals surface area contributed by atoms with Gasteiger partial charge in [-0.05, 0) is 46.8 Å². The standard InChI is InChI=1S/C15H23N3O2/c1-6-18(7-2)14(20)12-10-11(8-9-16-12)13(19)17-15(3,4)5/h8-10H,6-7H2,1-5H3,(H,17,19). The molecule has 0 bridgehead atoms. The zero-order chi connectivity index (χ0) is 15.3. The largest absolute Gasteiger partial charge is 0.347 e. The summed E-state index contributed by atoms with van der Waals surface area (Å²) in [6.07, 6.45) is 1.49. The maximum Gasteiger partial charge on any atom is 0.272 e. The Morgan fingerprint density at radius 3 is 2.35 bits per heavy atom. The second kappa shape index (κ2) is 6.50. The molecule has 1 aromatic heterocycles. The van der Waals surface area contributed by atoms with E-state index in [0.29, 0.717) is 24.3 Å². The number of hydrogen-bond donors (Lipinski definition) is 1. The first-order valence-corrected chi connectivity index (χ1v) is 6.86. The molecule has 5 heteroatoms. The number of carbonyl (C=O) groups is 2. The predicted octanol–water partition coefficient (Wildman–Crippen LogP) is 2.09. The lowest BCUT2D eigenvalue weighted by atomic mass is 10.1. The van der Waals surface area contributed by atoms with Crippen LogP contribution in [0.3, 0.4) is 0 Å². The van der Waals surface area contributed by atoms with E-state index in [0.717, 1.165) is 0 Å². The zero-order valence-electron chi connectivity index (χ0n) is 12.9. The minimum Gasteiger partial charge on any atom is -0.347 e. The summed E-state index contributed by atoms with van der Waals surface area (Å²) in [7, 11) is 0. The van der Waals surface area contributed by atoms with Crippen molar-refractivity contribution in [2.24, 2.45) is 0 Å². The molecule has 0 saturated carbocycles. The number of pyridine rings is 1. The van der Waals surface area contributed by atoms with E-state index in [-0.39, 0.29) is 17.4 Å². The Balaban J connectivity index is 2.96. The average Bonchev–Trinajstić information content (AvgIpc) is 2.38. The van der Waals surface area contributed by atoms with Crippen LogP contribution in [-0.2, 0) is 0 Å². The van der Waals surface area contributed by atoms with Crippen molar-refractivity contribution in [3.63, 3.8) is 0 Å². The van der Waals surface area contributed by atoms with E-state index in [9.17, 15) is 9.59 Å². The highest BCUT2D eigenvalue weighted by Gasteiger charge is 2.18. The summed E-state index contributed by atoms with van der Waals surface area (Å²) in [5.74, 6) is -0.353.